The minimum absolute atomic E-state index is 0.0334. The summed E-state index contributed by atoms with van der Waals surface area (Å²) in [6.45, 7) is 1.67. The third-order valence-corrected chi connectivity index (χ3v) is 4.47. The quantitative estimate of drug-likeness (QED) is 0.733. The highest BCUT2D eigenvalue weighted by Gasteiger charge is 2.27. The molecule has 0 spiro atoms. The van der Waals surface area contributed by atoms with Crippen LogP contribution in [0.2, 0.25) is 0 Å². The Morgan fingerprint density at radius 3 is 2.24 bits per heavy atom. The molecule has 0 radical (unpaired) electrons. The van der Waals surface area contributed by atoms with Gasteiger partial charge in [-0.1, -0.05) is 18.2 Å². The largest absolute Gasteiger partial charge is 0.496 e. The zero-order valence-corrected chi connectivity index (χ0v) is 16.9. The first-order valence-corrected chi connectivity index (χ1v) is 9.11. The second-order valence-electron chi connectivity index (χ2n) is 6.51. The smallest absolute Gasteiger partial charge is 0.342 e. The fourth-order valence-corrected chi connectivity index (χ4v) is 2.94. The maximum atomic E-state index is 12.9. The van der Waals surface area contributed by atoms with Gasteiger partial charge in [-0.15, -0.1) is 0 Å². The molecule has 0 aliphatic carbocycles. The maximum absolute atomic E-state index is 12.9. The maximum Gasteiger partial charge on any atom is 0.342 e. The number of hydrogen-bond donors (Lipinski definition) is 2. The van der Waals surface area contributed by atoms with E-state index in [4.69, 9.17) is 18.9 Å². The number of benzene rings is 1. The third-order valence-electron chi connectivity index (χ3n) is 4.47. The normalized spacial score (nSPS) is 25.2. The summed E-state index contributed by atoms with van der Waals surface area (Å²) in [5.74, 6) is -0.399. The number of hydrogen-bond acceptors (Lipinski definition) is 8. The van der Waals surface area contributed by atoms with E-state index in [1.807, 2.05) is 0 Å². The van der Waals surface area contributed by atoms with E-state index in [2.05, 4.69) is 0 Å². The van der Waals surface area contributed by atoms with Crippen LogP contribution < -0.4 is 14.2 Å². The van der Waals surface area contributed by atoms with E-state index >= 15 is 0 Å². The van der Waals surface area contributed by atoms with Gasteiger partial charge in [0, 0.05) is 18.1 Å². The summed E-state index contributed by atoms with van der Waals surface area (Å²) in [6, 6.07) is 1.53. The molecule has 1 heterocycles. The fraction of sp³-hybridized carbons (Fsp3) is 0.429. The number of aliphatic hydroxyl groups excluding tert-OH is 2. The summed E-state index contributed by atoms with van der Waals surface area (Å²) in [5.41, 5.74) is 0.474. The highest BCUT2D eigenvalue weighted by molar-refractivity contribution is 5.99. The van der Waals surface area contributed by atoms with Gasteiger partial charge in [-0.05, 0) is 19.4 Å². The summed E-state index contributed by atoms with van der Waals surface area (Å²) < 4.78 is 21.6. The van der Waals surface area contributed by atoms with Crippen LogP contribution in [-0.2, 0) is 9.53 Å². The number of rotatable bonds is 3. The molecule has 3 unspecified atom stereocenters. The van der Waals surface area contributed by atoms with Gasteiger partial charge >= 0.3 is 5.97 Å². The molecular weight excluding hydrogens is 380 g/mol. The summed E-state index contributed by atoms with van der Waals surface area (Å²) in [5, 5.41) is 20.1. The first kappa shape index (κ1) is 22.4. The molecule has 3 atom stereocenters. The summed E-state index contributed by atoms with van der Waals surface area (Å²) in [6.07, 6.45) is 2.53. The van der Waals surface area contributed by atoms with E-state index in [0.717, 1.165) is 0 Å². The van der Waals surface area contributed by atoms with Gasteiger partial charge in [0.05, 0.1) is 27.4 Å². The second kappa shape index (κ2) is 10.1. The average molecular weight is 406 g/mol. The van der Waals surface area contributed by atoms with E-state index in [-0.39, 0.29) is 29.9 Å². The van der Waals surface area contributed by atoms with Crippen molar-refractivity contribution in [2.75, 3.05) is 21.3 Å². The molecule has 1 aliphatic heterocycles. The SMILES string of the molecule is COc1cc(OC)c2c(c1OC)/C=C/CC(O)C(O)C(=O)/C=C/CC(C)OC2=O. The van der Waals surface area contributed by atoms with Crippen molar-refractivity contribution >= 4 is 17.8 Å². The molecule has 29 heavy (non-hydrogen) atoms. The van der Waals surface area contributed by atoms with Crippen molar-refractivity contribution in [3.63, 3.8) is 0 Å². The number of fused-ring (bicyclic) bond motifs is 1. The molecule has 1 aliphatic rings. The van der Waals surface area contributed by atoms with E-state index in [1.54, 1.807) is 6.92 Å². The zero-order valence-electron chi connectivity index (χ0n) is 16.9. The summed E-state index contributed by atoms with van der Waals surface area (Å²) in [7, 11) is 4.30. The molecule has 0 aromatic heterocycles. The van der Waals surface area contributed by atoms with E-state index in [9.17, 15) is 19.8 Å². The van der Waals surface area contributed by atoms with Crippen molar-refractivity contribution in [1.29, 1.82) is 0 Å². The topological polar surface area (TPSA) is 112 Å². The van der Waals surface area contributed by atoms with Crippen LogP contribution in [0.15, 0.2) is 24.3 Å². The lowest BCUT2D eigenvalue weighted by atomic mass is 10.0. The molecule has 1 aromatic carbocycles. The van der Waals surface area contributed by atoms with Gasteiger partial charge in [0.2, 0.25) is 0 Å². The zero-order chi connectivity index (χ0) is 21.6. The second-order valence-corrected chi connectivity index (χ2v) is 6.51. The van der Waals surface area contributed by atoms with Gasteiger partial charge in [0.1, 0.15) is 23.5 Å². The van der Waals surface area contributed by atoms with Crippen LogP contribution in [0.3, 0.4) is 0 Å². The van der Waals surface area contributed by atoms with Crippen molar-refractivity contribution in [3.05, 3.63) is 35.4 Å². The molecule has 0 saturated heterocycles. The predicted octanol–water partition coefficient (Wildman–Crippen LogP) is 1.91. The van der Waals surface area contributed by atoms with Crippen molar-refractivity contribution in [2.24, 2.45) is 0 Å². The van der Waals surface area contributed by atoms with Crippen LogP contribution in [0, 0.1) is 0 Å². The minimum Gasteiger partial charge on any atom is -0.496 e. The van der Waals surface area contributed by atoms with Crippen LogP contribution in [-0.4, -0.2) is 61.6 Å². The van der Waals surface area contributed by atoms with Crippen LogP contribution in [0.4, 0.5) is 0 Å². The number of ether oxygens (including phenoxy) is 4. The van der Waals surface area contributed by atoms with Crippen molar-refractivity contribution in [3.8, 4) is 17.2 Å². The highest BCUT2D eigenvalue weighted by atomic mass is 16.5. The van der Waals surface area contributed by atoms with Gasteiger partial charge in [-0.25, -0.2) is 4.79 Å². The monoisotopic (exact) mass is 406 g/mol. The Balaban J connectivity index is 2.63. The predicted molar refractivity (Wildman–Crippen MR) is 105 cm³/mol. The molecule has 1 aromatic rings. The Morgan fingerprint density at radius 1 is 0.966 bits per heavy atom. The molecule has 158 valence electrons. The number of aliphatic hydroxyl groups is 2. The van der Waals surface area contributed by atoms with Gasteiger partial charge < -0.3 is 29.2 Å². The molecule has 0 saturated carbocycles. The fourth-order valence-electron chi connectivity index (χ4n) is 2.94. The first-order chi connectivity index (χ1) is 13.8. The Labute approximate surface area is 169 Å². The molecule has 0 bridgehead atoms. The summed E-state index contributed by atoms with van der Waals surface area (Å²) >= 11 is 0. The molecule has 0 amide bonds. The van der Waals surface area contributed by atoms with Gasteiger partial charge in [-0.3, -0.25) is 4.79 Å². The Bertz CT molecular complexity index is 811. The van der Waals surface area contributed by atoms with Gasteiger partial charge in [0.15, 0.2) is 17.3 Å². The lowest BCUT2D eigenvalue weighted by molar-refractivity contribution is -0.127. The first-order valence-electron chi connectivity index (χ1n) is 9.11. The minimum atomic E-state index is -1.56. The number of carbonyl (C=O) groups excluding carboxylic acids is 2. The molecular formula is C21H26O8. The molecule has 2 N–H and O–H groups in total. The van der Waals surface area contributed by atoms with Crippen molar-refractivity contribution < 1.29 is 38.7 Å². The van der Waals surface area contributed by atoms with Gasteiger partial charge in [0.25, 0.3) is 0 Å². The van der Waals surface area contributed by atoms with Gasteiger partial charge in [-0.2, -0.15) is 0 Å². The third kappa shape index (κ3) is 5.16. The highest BCUT2D eigenvalue weighted by Crippen LogP contribution is 2.41. The van der Waals surface area contributed by atoms with Crippen LogP contribution in [0.25, 0.3) is 6.08 Å². The van der Waals surface area contributed by atoms with Crippen molar-refractivity contribution in [1.82, 2.24) is 0 Å². The standard InChI is InChI=1S/C21H26O8/c1-12-7-5-9-14(22)19(24)15(23)10-6-8-13-18(21(25)29-12)16(26-2)11-17(27-3)20(13)28-4/h5-6,8-9,11-12,15,19,23-24H,7,10H2,1-4H3/b8-6+,9-5+. The van der Waals surface area contributed by atoms with E-state index < -0.39 is 30.1 Å². The van der Waals surface area contributed by atoms with E-state index in [1.165, 1.54) is 51.7 Å². The summed E-state index contributed by atoms with van der Waals surface area (Å²) in [4.78, 5) is 24.9. The Kier molecular flexibility index (Phi) is 7.81. The Morgan fingerprint density at radius 2 is 1.62 bits per heavy atom. The number of carbonyl (C=O) groups is 2. The number of methoxy groups -OCH3 is 3. The van der Waals surface area contributed by atoms with Crippen LogP contribution in [0.5, 0.6) is 17.2 Å². The van der Waals surface area contributed by atoms with Crippen LogP contribution >= 0.6 is 0 Å². The lowest BCUT2D eigenvalue weighted by Gasteiger charge is -2.20. The Hall–Kier alpha value is -2.84. The lowest BCUT2D eigenvalue weighted by Crippen LogP contribution is -2.32. The molecule has 2 rings (SSSR count). The number of esters is 1. The van der Waals surface area contributed by atoms with Crippen molar-refractivity contribution in [2.45, 2.75) is 38.1 Å². The average Bonchev–Trinajstić information content (AvgIpc) is 2.70. The number of cyclic esters (lactones) is 1. The molecule has 8 heteroatoms. The molecule has 8 nitrogen and oxygen atoms in total. The number of ketones is 1. The van der Waals surface area contributed by atoms with Crippen LogP contribution in [0.1, 0.15) is 35.7 Å². The van der Waals surface area contributed by atoms with E-state index in [0.29, 0.717) is 11.3 Å². The molecule has 0 fully saturated rings.